The molecule has 0 saturated carbocycles. The minimum Gasteiger partial charge on any atom is -0.324 e. The van der Waals surface area contributed by atoms with Gasteiger partial charge in [-0.3, -0.25) is 9.59 Å². The first-order valence-electron chi connectivity index (χ1n) is 7.60. The Bertz CT molecular complexity index is 897. The van der Waals surface area contributed by atoms with Crippen LogP contribution >= 0.6 is 0 Å². The molecule has 0 radical (unpaired) electrons. The standard InChI is InChI=1S/C18H20N4O2/c1-10-6-11(2)17(12(3)7-10)20-16(23)9-22-18(24)15(8-19)13(4)14(5)21-22/h6-7H,9H2,1-5H3,(H,20,23). The van der Waals surface area contributed by atoms with Gasteiger partial charge in [-0.15, -0.1) is 0 Å². The van der Waals surface area contributed by atoms with Crippen LogP contribution in [0.1, 0.15) is 33.5 Å². The number of anilines is 1. The lowest BCUT2D eigenvalue weighted by Crippen LogP contribution is -2.32. The fraction of sp³-hybridized carbons (Fsp3) is 0.333. The van der Waals surface area contributed by atoms with Crippen LogP contribution in [0.4, 0.5) is 5.69 Å². The lowest BCUT2D eigenvalue weighted by Gasteiger charge is -2.14. The van der Waals surface area contributed by atoms with Crippen molar-refractivity contribution in [3.05, 3.63) is 56.0 Å². The molecule has 1 aromatic heterocycles. The number of aryl methyl sites for hydroxylation is 4. The summed E-state index contributed by atoms with van der Waals surface area (Å²) in [6.07, 6.45) is 0. The summed E-state index contributed by atoms with van der Waals surface area (Å²) in [5, 5.41) is 16.1. The van der Waals surface area contributed by atoms with Gasteiger partial charge >= 0.3 is 0 Å². The largest absolute Gasteiger partial charge is 0.324 e. The molecule has 0 aliphatic carbocycles. The zero-order valence-corrected chi connectivity index (χ0v) is 14.5. The number of aromatic nitrogens is 2. The van der Waals surface area contributed by atoms with E-state index < -0.39 is 5.56 Å². The smallest absolute Gasteiger partial charge is 0.285 e. The van der Waals surface area contributed by atoms with Crippen LogP contribution in [0.15, 0.2) is 16.9 Å². The molecule has 6 nitrogen and oxygen atoms in total. The van der Waals surface area contributed by atoms with Gasteiger partial charge in [-0.1, -0.05) is 17.7 Å². The molecule has 6 heteroatoms. The van der Waals surface area contributed by atoms with Crippen LogP contribution in [0.5, 0.6) is 0 Å². The highest BCUT2D eigenvalue weighted by Gasteiger charge is 2.15. The summed E-state index contributed by atoms with van der Waals surface area (Å²) in [5.74, 6) is -0.355. The monoisotopic (exact) mass is 324 g/mol. The van der Waals surface area contributed by atoms with Gasteiger partial charge < -0.3 is 5.32 Å². The fourth-order valence-electron chi connectivity index (χ4n) is 2.70. The summed E-state index contributed by atoms with van der Waals surface area (Å²) >= 11 is 0. The molecule has 0 unspecified atom stereocenters. The SMILES string of the molecule is Cc1cc(C)c(NC(=O)Cn2nc(C)c(C)c(C#N)c2=O)c(C)c1. The first-order chi connectivity index (χ1) is 11.2. The van der Waals surface area contributed by atoms with E-state index in [2.05, 4.69) is 10.4 Å². The summed E-state index contributed by atoms with van der Waals surface area (Å²) < 4.78 is 1.04. The van der Waals surface area contributed by atoms with Crippen molar-refractivity contribution >= 4 is 11.6 Å². The number of hydrogen-bond acceptors (Lipinski definition) is 4. The predicted octanol–water partition coefficient (Wildman–Crippen LogP) is 2.30. The van der Waals surface area contributed by atoms with Crippen molar-refractivity contribution in [2.24, 2.45) is 0 Å². The molecule has 24 heavy (non-hydrogen) atoms. The summed E-state index contributed by atoms with van der Waals surface area (Å²) in [6.45, 7) is 8.98. The van der Waals surface area contributed by atoms with Gasteiger partial charge in [0.15, 0.2) is 0 Å². The molecule has 0 saturated heterocycles. The van der Waals surface area contributed by atoms with Gasteiger partial charge in [0.05, 0.1) is 5.69 Å². The van der Waals surface area contributed by atoms with Crippen molar-refractivity contribution in [1.82, 2.24) is 9.78 Å². The molecule has 2 aromatic rings. The minimum absolute atomic E-state index is 0.0259. The molecule has 1 heterocycles. The molecule has 0 atom stereocenters. The highest BCUT2D eigenvalue weighted by atomic mass is 16.2. The average Bonchev–Trinajstić information content (AvgIpc) is 2.49. The topological polar surface area (TPSA) is 87.8 Å². The molecule has 0 aliphatic heterocycles. The van der Waals surface area contributed by atoms with Crippen molar-refractivity contribution in [2.45, 2.75) is 41.2 Å². The van der Waals surface area contributed by atoms with E-state index in [1.165, 1.54) is 0 Å². The number of carbonyl (C=O) groups is 1. The van der Waals surface area contributed by atoms with E-state index in [0.29, 0.717) is 11.3 Å². The van der Waals surface area contributed by atoms with E-state index in [9.17, 15) is 9.59 Å². The highest BCUT2D eigenvalue weighted by Crippen LogP contribution is 2.21. The molecular weight excluding hydrogens is 304 g/mol. The third kappa shape index (κ3) is 3.35. The van der Waals surface area contributed by atoms with Gasteiger partial charge in [0, 0.05) is 5.69 Å². The Kier molecular flexibility index (Phi) is 4.84. The van der Waals surface area contributed by atoms with Gasteiger partial charge in [0.1, 0.15) is 18.2 Å². The van der Waals surface area contributed by atoms with E-state index in [1.807, 2.05) is 39.0 Å². The van der Waals surface area contributed by atoms with Gasteiger partial charge in [0.2, 0.25) is 5.91 Å². The van der Waals surface area contributed by atoms with Crippen molar-refractivity contribution in [2.75, 3.05) is 5.32 Å². The third-order valence-corrected chi connectivity index (χ3v) is 3.98. The quantitative estimate of drug-likeness (QED) is 0.938. The Morgan fingerprint density at radius 2 is 1.79 bits per heavy atom. The maximum Gasteiger partial charge on any atom is 0.285 e. The van der Waals surface area contributed by atoms with E-state index >= 15 is 0 Å². The van der Waals surface area contributed by atoms with E-state index in [4.69, 9.17) is 5.26 Å². The van der Waals surface area contributed by atoms with Crippen molar-refractivity contribution in [3.63, 3.8) is 0 Å². The van der Waals surface area contributed by atoms with Crippen molar-refractivity contribution < 1.29 is 4.79 Å². The summed E-state index contributed by atoms with van der Waals surface area (Å²) in [4.78, 5) is 24.6. The lowest BCUT2D eigenvalue weighted by molar-refractivity contribution is -0.117. The summed E-state index contributed by atoms with van der Waals surface area (Å²) in [6, 6.07) is 5.85. The molecule has 1 amide bonds. The van der Waals surface area contributed by atoms with Crippen LogP contribution in [0.25, 0.3) is 0 Å². The molecular formula is C18H20N4O2. The number of nitriles is 1. The maximum absolute atomic E-state index is 12.3. The van der Waals surface area contributed by atoms with E-state index in [-0.39, 0.29) is 18.0 Å². The maximum atomic E-state index is 12.3. The average molecular weight is 324 g/mol. The van der Waals surface area contributed by atoms with Crippen molar-refractivity contribution in [3.8, 4) is 6.07 Å². The third-order valence-electron chi connectivity index (χ3n) is 3.98. The number of amides is 1. The normalized spacial score (nSPS) is 10.3. The zero-order chi connectivity index (χ0) is 18.0. The second kappa shape index (κ2) is 6.67. The van der Waals surface area contributed by atoms with Crippen LogP contribution in [-0.2, 0) is 11.3 Å². The number of hydrogen-bond donors (Lipinski definition) is 1. The van der Waals surface area contributed by atoms with Gasteiger partial charge in [0.25, 0.3) is 5.56 Å². The second-order valence-electron chi connectivity index (χ2n) is 5.98. The molecule has 124 valence electrons. The Labute approximate surface area is 140 Å². The summed E-state index contributed by atoms with van der Waals surface area (Å²) in [7, 11) is 0. The van der Waals surface area contributed by atoms with Crippen LogP contribution < -0.4 is 10.9 Å². The Balaban J connectivity index is 2.31. The predicted molar refractivity (Wildman–Crippen MR) is 92.0 cm³/mol. The lowest BCUT2D eigenvalue weighted by atomic mass is 10.1. The second-order valence-corrected chi connectivity index (χ2v) is 5.98. The van der Waals surface area contributed by atoms with Crippen LogP contribution in [0.3, 0.4) is 0 Å². The minimum atomic E-state index is -0.548. The number of nitrogens with one attached hydrogen (secondary N) is 1. The number of benzene rings is 1. The Hall–Kier alpha value is -2.94. The number of carbonyl (C=O) groups excluding carboxylic acids is 1. The van der Waals surface area contributed by atoms with Gasteiger partial charge in [-0.25, -0.2) is 4.68 Å². The molecule has 1 N–H and O–H groups in total. The Morgan fingerprint density at radius 3 is 2.33 bits per heavy atom. The van der Waals surface area contributed by atoms with Crippen molar-refractivity contribution in [1.29, 1.82) is 5.26 Å². The molecule has 1 aromatic carbocycles. The molecule has 2 rings (SSSR count). The fourth-order valence-corrected chi connectivity index (χ4v) is 2.70. The van der Waals surface area contributed by atoms with Crippen LogP contribution in [-0.4, -0.2) is 15.7 Å². The number of rotatable bonds is 3. The van der Waals surface area contributed by atoms with Gasteiger partial charge in [-0.05, 0) is 51.3 Å². The van der Waals surface area contributed by atoms with E-state index in [0.717, 1.165) is 27.1 Å². The molecule has 0 aliphatic rings. The number of nitrogens with zero attached hydrogens (tertiary/aromatic N) is 3. The highest BCUT2D eigenvalue weighted by molar-refractivity contribution is 5.92. The Morgan fingerprint density at radius 1 is 1.21 bits per heavy atom. The van der Waals surface area contributed by atoms with Crippen LogP contribution in [0.2, 0.25) is 0 Å². The van der Waals surface area contributed by atoms with Crippen LogP contribution in [0, 0.1) is 45.9 Å². The first-order valence-corrected chi connectivity index (χ1v) is 7.60. The molecule has 0 bridgehead atoms. The molecule has 0 fully saturated rings. The van der Waals surface area contributed by atoms with Gasteiger partial charge in [-0.2, -0.15) is 10.4 Å². The zero-order valence-electron chi connectivity index (χ0n) is 14.5. The first kappa shape index (κ1) is 17.4. The molecule has 0 spiro atoms. The van der Waals surface area contributed by atoms with E-state index in [1.54, 1.807) is 13.8 Å². The summed E-state index contributed by atoms with van der Waals surface area (Å²) in [5.41, 5.74) is 4.35.